The molecule has 0 heterocycles. The van der Waals surface area contributed by atoms with Crippen molar-refractivity contribution < 1.29 is 45.8 Å². The average molecular weight is 665 g/mol. The van der Waals surface area contributed by atoms with Crippen molar-refractivity contribution in [3.05, 3.63) is 46.8 Å². The van der Waals surface area contributed by atoms with E-state index in [1.54, 1.807) is 20.8 Å². The summed E-state index contributed by atoms with van der Waals surface area (Å²) >= 11 is 0. The molecular weight excluding hydrogens is 615 g/mol. The van der Waals surface area contributed by atoms with E-state index in [0.717, 1.165) is 57.4 Å². The Kier molecular flexibility index (Phi) is 12.1. The number of ether oxygens (including phenoxy) is 5. The van der Waals surface area contributed by atoms with E-state index in [9.17, 15) is 17.8 Å². The SMILES string of the molecule is Cc1cc(S(=O)(=O)O)c(C(C)C)cc1OC(=O)c1cc(F)c(OC(OC2CCCC2)C(C)C)c(OC(OC2CCCC2)C(C)C)c1. The van der Waals surface area contributed by atoms with Crippen molar-refractivity contribution in [1.29, 1.82) is 0 Å². The fraction of sp³-hybridized carbons (Fsp3) is 0.629. The molecule has 2 aromatic carbocycles. The molecule has 0 spiro atoms. The van der Waals surface area contributed by atoms with Crippen LogP contribution in [0.1, 0.15) is 120 Å². The Morgan fingerprint density at radius 3 is 1.80 bits per heavy atom. The molecule has 1 N–H and O–H groups in total. The van der Waals surface area contributed by atoms with Crippen molar-refractivity contribution in [2.45, 2.75) is 135 Å². The Labute approximate surface area is 272 Å². The lowest BCUT2D eigenvalue weighted by Gasteiger charge is -2.30. The molecule has 4 rings (SSSR count). The Balaban J connectivity index is 1.70. The van der Waals surface area contributed by atoms with Crippen molar-refractivity contribution in [2.24, 2.45) is 11.8 Å². The second kappa shape index (κ2) is 15.4. The molecule has 0 bridgehead atoms. The minimum Gasteiger partial charge on any atom is -0.461 e. The summed E-state index contributed by atoms with van der Waals surface area (Å²) in [6.45, 7) is 12.8. The van der Waals surface area contributed by atoms with E-state index in [4.69, 9.17) is 23.7 Å². The first kappa shape index (κ1) is 36.1. The molecule has 2 fully saturated rings. The van der Waals surface area contributed by atoms with Crippen molar-refractivity contribution in [3.8, 4) is 17.2 Å². The highest BCUT2D eigenvalue weighted by Gasteiger charge is 2.31. The van der Waals surface area contributed by atoms with Gasteiger partial charge in [0.1, 0.15) is 5.75 Å². The summed E-state index contributed by atoms with van der Waals surface area (Å²) in [4.78, 5) is 13.2. The van der Waals surface area contributed by atoms with Gasteiger partial charge in [-0.2, -0.15) is 8.42 Å². The number of benzene rings is 2. The highest BCUT2D eigenvalue weighted by molar-refractivity contribution is 7.85. The number of hydrogen-bond acceptors (Lipinski definition) is 8. The molecule has 2 unspecified atom stereocenters. The molecule has 46 heavy (non-hydrogen) atoms. The standard InChI is InChI=1S/C35H49FO9S/c1-20(2)27-19-29(23(7)16-31(27)46(38,39)40)43-33(37)24-17-28(36)32(45-35(22(5)6)42-26-14-10-11-15-26)30(18-24)44-34(21(3)4)41-25-12-8-9-13-25/h16-22,25-26,34-35H,8-15H2,1-7H3,(H,38,39,40). The van der Waals surface area contributed by atoms with Crippen molar-refractivity contribution in [2.75, 3.05) is 0 Å². The van der Waals surface area contributed by atoms with Crippen LogP contribution in [0.2, 0.25) is 0 Å². The average Bonchev–Trinajstić information content (AvgIpc) is 3.68. The quantitative estimate of drug-likeness (QED) is 0.0920. The molecular formula is C35H49FO9S. The molecule has 0 radical (unpaired) electrons. The van der Waals surface area contributed by atoms with Crippen molar-refractivity contribution in [3.63, 3.8) is 0 Å². The van der Waals surface area contributed by atoms with E-state index in [0.29, 0.717) is 5.56 Å². The van der Waals surface area contributed by atoms with Crippen LogP contribution in [-0.2, 0) is 19.6 Å². The first-order valence-electron chi connectivity index (χ1n) is 16.5. The minimum absolute atomic E-state index is 0.00867. The molecule has 0 aromatic heterocycles. The largest absolute Gasteiger partial charge is 0.461 e. The first-order chi connectivity index (χ1) is 21.6. The van der Waals surface area contributed by atoms with Crippen LogP contribution in [0.25, 0.3) is 0 Å². The highest BCUT2D eigenvalue weighted by atomic mass is 32.2. The van der Waals surface area contributed by atoms with Gasteiger partial charge in [0.2, 0.25) is 18.3 Å². The maximum atomic E-state index is 16.0. The van der Waals surface area contributed by atoms with E-state index in [-0.39, 0.29) is 63.2 Å². The van der Waals surface area contributed by atoms with Crippen LogP contribution in [0.3, 0.4) is 0 Å². The van der Waals surface area contributed by atoms with Gasteiger partial charge in [0, 0.05) is 11.8 Å². The van der Waals surface area contributed by atoms with E-state index in [1.165, 1.54) is 18.2 Å². The van der Waals surface area contributed by atoms with Gasteiger partial charge < -0.3 is 23.7 Å². The third kappa shape index (κ3) is 9.20. The smallest absolute Gasteiger partial charge is 0.343 e. The van der Waals surface area contributed by atoms with Gasteiger partial charge in [0.25, 0.3) is 10.1 Å². The number of hydrogen-bond donors (Lipinski definition) is 1. The zero-order valence-electron chi connectivity index (χ0n) is 28.0. The lowest BCUT2D eigenvalue weighted by atomic mass is 10.0. The van der Waals surface area contributed by atoms with E-state index in [2.05, 4.69) is 0 Å². The fourth-order valence-corrected chi connectivity index (χ4v) is 6.74. The molecule has 2 aromatic rings. The van der Waals surface area contributed by atoms with E-state index < -0.39 is 34.5 Å². The molecule has 0 aliphatic heterocycles. The number of carbonyl (C=O) groups is 1. The van der Waals surface area contributed by atoms with Crippen LogP contribution in [0.15, 0.2) is 29.2 Å². The van der Waals surface area contributed by atoms with Crippen LogP contribution in [-0.4, -0.2) is 43.7 Å². The molecule has 2 aliphatic rings. The first-order valence-corrected chi connectivity index (χ1v) is 17.9. The third-order valence-electron chi connectivity index (χ3n) is 8.48. The molecule has 2 aliphatic carbocycles. The number of esters is 1. The lowest BCUT2D eigenvalue weighted by molar-refractivity contribution is -0.152. The Bertz CT molecular complexity index is 1460. The highest BCUT2D eigenvalue weighted by Crippen LogP contribution is 2.38. The van der Waals surface area contributed by atoms with Crippen LogP contribution >= 0.6 is 0 Å². The molecule has 9 nitrogen and oxygen atoms in total. The number of rotatable bonds is 14. The number of carbonyl (C=O) groups excluding carboxylic acids is 1. The predicted molar refractivity (Wildman–Crippen MR) is 172 cm³/mol. The van der Waals surface area contributed by atoms with Crippen LogP contribution in [0.4, 0.5) is 4.39 Å². The lowest BCUT2D eigenvalue weighted by Crippen LogP contribution is -2.33. The number of aryl methyl sites for hydroxylation is 1. The Morgan fingerprint density at radius 1 is 0.804 bits per heavy atom. The Hall–Kier alpha value is -2.73. The maximum absolute atomic E-state index is 16.0. The summed E-state index contributed by atoms with van der Waals surface area (Å²) in [5.41, 5.74) is 0.446. The van der Waals surface area contributed by atoms with Gasteiger partial charge in [-0.3, -0.25) is 4.55 Å². The van der Waals surface area contributed by atoms with Gasteiger partial charge in [0.05, 0.1) is 22.7 Å². The number of halogens is 1. The second-order valence-corrected chi connectivity index (χ2v) is 14.9. The van der Waals surface area contributed by atoms with Crippen LogP contribution in [0.5, 0.6) is 17.2 Å². The Morgan fingerprint density at radius 2 is 1.33 bits per heavy atom. The molecule has 2 atom stereocenters. The maximum Gasteiger partial charge on any atom is 0.343 e. The zero-order valence-corrected chi connectivity index (χ0v) is 28.8. The summed E-state index contributed by atoms with van der Waals surface area (Å²) in [5, 5.41) is 0. The predicted octanol–water partition coefficient (Wildman–Crippen LogP) is 8.36. The molecule has 256 valence electrons. The van der Waals surface area contributed by atoms with Crippen molar-refractivity contribution >= 4 is 16.1 Å². The second-order valence-electron chi connectivity index (χ2n) is 13.5. The van der Waals surface area contributed by atoms with Gasteiger partial charge in [-0.05, 0) is 73.9 Å². The van der Waals surface area contributed by atoms with Gasteiger partial charge in [-0.25, -0.2) is 9.18 Å². The summed E-state index contributed by atoms with van der Waals surface area (Å²) in [5.74, 6) is -2.31. The summed E-state index contributed by atoms with van der Waals surface area (Å²) in [7, 11) is -4.51. The van der Waals surface area contributed by atoms with Gasteiger partial charge in [0.15, 0.2) is 11.6 Å². The van der Waals surface area contributed by atoms with E-state index in [1.807, 2.05) is 27.7 Å². The summed E-state index contributed by atoms with van der Waals surface area (Å²) in [6, 6.07) is 5.07. The molecule has 2 saturated carbocycles. The van der Waals surface area contributed by atoms with Crippen molar-refractivity contribution in [1.82, 2.24) is 0 Å². The van der Waals surface area contributed by atoms with Crippen LogP contribution < -0.4 is 14.2 Å². The zero-order chi connectivity index (χ0) is 33.8. The van der Waals surface area contributed by atoms with Gasteiger partial charge >= 0.3 is 5.97 Å². The molecule has 0 saturated heterocycles. The monoisotopic (exact) mass is 664 g/mol. The topological polar surface area (TPSA) is 118 Å². The van der Waals surface area contributed by atoms with Crippen LogP contribution in [0, 0.1) is 24.6 Å². The minimum atomic E-state index is -4.51. The molecule has 11 heteroatoms. The summed E-state index contributed by atoms with van der Waals surface area (Å²) in [6.07, 6.45) is 6.49. The van der Waals surface area contributed by atoms with E-state index >= 15 is 4.39 Å². The van der Waals surface area contributed by atoms with Gasteiger partial charge in [-0.1, -0.05) is 67.2 Å². The fourth-order valence-electron chi connectivity index (χ4n) is 5.82. The normalized spacial score (nSPS) is 17.7. The van der Waals surface area contributed by atoms with Gasteiger partial charge in [-0.15, -0.1) is 0 Å². The summed E-state index contributed by atoms with van der Waals surface area (Å²) < 4.78 is 80.5. The third-order valence-corrected chi connectivity index (χ3v) is 9.39. The molecule has 0 amide bonds.